The molecule has 51 heavy (non-hydrogen) atoms. The summed E-state index contributed by atoms with van der Waals surface area (Å²) in [5, 5.41) is 12.1. The second-order valence-corrected chi connectivity index (χ2v) is 18.5. The van der Waals surface area contributed by atoms with E-state index in [0.717, 1.165) is 38.5 Å². The second kappa shape index (κ2) is 14.0. The van der Waals surface area contributed by atoms with Crippen molar-refractivity contribution in [2.75, 3.05) is 19.6 Å². The van der Waals surface area contributed by atoms with Gasteiger partial charge >= 0.3 is 6.03 Å². The Kier molecular flexibility index (Phi) is 10.7. The van der Waals surface area contributed by atoms with Gasteiger partial charge in [0.1, 0.15) is 18.1 Å². The van der Waals surface area contributed by atoms with Gasteiger partial charge in [0.05, 0.1) is 6.04 Å². The normalized spacial score (nSPS) is 29.8. The molecule has 3 aliphatic carbocycles. The molecule has 6 amide bonds. The van der Waals surface area contributed by atoms with Crippen LogP contribution in [0, 0.1) is 33.5 Å². The molecule has 2 spiro atoms. The molecule has 2 aliphatic heterocycles. The molecule has 13 heteroatoms. The first-order chi connectivity index (χ1) is 23.7. The maximum atomic E-state index is 14.8. The van der Waals surface area contributed by atoms with Crippen LogP contribution >= 0.6 is 0 Å². The van der Waals surface area contributed by atoms with Gasteiger partial charge in [0.25, 0.3) is 5.91 Å². The van der Waals surface area contributed by atoms with E-state index in [9.17, 15) is 28.8 Å². The number of rotatable bonds is 11. The Balaban J connectivity index is 1.38. The summed E-state index contributed by atoms with van der Waals surface area (Å²) in [6, 6.07) is -4.15. The largest absolute Gasteiger partial charge is 0.363 e. The van der Waals surface area contributed by atoms with Crippen LogP contribution in [0.15, 0.2) is 0 Å². The summed E-state index contributed by atoms with van der Waals surface area (Å²) >= 11 is 0. The quantitative estimate of drug-likeness (QED) is 0.204. The molecule has 0 aromatic rings. The summed E-state index contributed by atoms with van der Waals surface area (Å²) < 4.78 is 0. The standard InChI is InChI=1S/C38H63N7O6/c1-21(2)27(32(49)44-18-22(3)40-23(4)19-44)42-34(51)43-29(35(5,6)7)33(50)45-20-38(36(8,9)37(38)14-11-15-37)17-26(45)31(48)41-25(28(46)30(39)47)16-24-12-10-13-24/h21-27,29,40H,10-20H2,1-9H3,(H2,39,47)(H,41,48)(H2,42,43,51)/t22-,23-,25?,26-,27-,29+,38?/m0/s1. The van der Waals surface area contributed by atoms with Gasteiger partial charge in [-0.15, -0.1) is 0 Å². The first kappa shape index (κ1) is 39.0. The summed E-state index contributed by atoms with van der Waals surface area (Å²) in [6.45, 7) is 19.3. The molecule has 0 aromatic carbocycles. The Hall–Kier alpha value is -3.22. The zero-order valence-electron chi connectivity index (χ0n) is 32.3. The predicted octanol–water partition coefficient (Wildman–Crippen LogP) is 2.46. The fourth-order valence-corrected chi connectivity index (χ4v) is 10.1. The van der Waals surface area contributed by atoms with Crippen LogP contribution in [0.25, 0.3) is 0 Å². The molecule has 3 saturated carbocycles. The number of fused-ring (bicyclic) bond motifs is 1. The summed E-state index contributed by atoms with van der Waals surface area (Å²) in [5.41, 5.74) is 4.28. The minimum atomic E-state index is -1.09. The van der Waals surface area contributed by atoms with E-state index in [0.29, 0.717) is 32.5 Å². The van der Waals surface area contributed by atoms with Crippen LogP contribution in [0.5, 0.6) is 0 Å². The van der Waals surface area contributed by atoms with Crippen LogP contribution in [0.2, 0.25) is 0 Å². The molecule has 0 bridgehead atoms. The molecule has 0 aromatic heterocycles. The number of urea groups is 1. The number of nitrogens with zero attached hydrogens (tertiary/aromatic N) is 2. The third-order valence-electron chi connectivity index (χ3n) is 13.5. The molecule has 5 fully saturated rings. The fraction of sp³-hybridized carbons (Fsp3) is 0.842. The Bertz CT molecular complexity index is 1410. The molecule has 0 radical (unpaired) electrons. The minimum absolute atomic E-state index is 0.0216. The molecular formula is C38H63N7O6. The van der Waals surface area contributed by atoms with E-state index in [2.05, 4.69) is 35.1 Å². The van der Waals surface area contributed by atoms with E-state index in [1.807, 2.05) is 48.5 Å². The van der Waals surface area contributed by atoms with Crippen molar-refractivity contribution >= 4 is 35.4 Å². The molecule has 5 rings (SSSR count). The van der Waals surface area contributed by atoms with E-state index in [1.165, 1.54) is 0 Å². The lowest BCUT2D eigenvalue weighted by atomic mass is 9.73. The molecule has 6 N–H and O–H groups in total. The lowest BCUT2D eigenvalue weighted by molar-refractivity contribution is -0.143. The highest BCUT2D eigenvalue weighted by Gasteiger charge is 2.85. The highest BCUT2D eigenvalue weighted by Crippen LogP contribution is 2.88. The monoisotopic (exact) mass is 713 g/mol. The topological polar surface area (TPSA) is 183 Å². The number of likely N-dealkylation sites (tertiary alicyclic amines) is 1. The van der Waals surface area contributed by atoms with Gasteiger partial charge in [0, 0.05) is 37.1 Å². The van der Waals surface area contributed by atoms with Gasteiger partial charge in [-0.1, -0.05) is 74.1 Å². The molecule has 5 aliphatic rings. The number of ketones is 1. The van der Waals surface area contributed by atoms with Gasteiger partial charge in [-0.25, -0.2) is 4.79 Å². The number of carbonyl (C=O) groups is 6. The van der Waals surface area contributed by atoms with Crippen molar-refractivity contribution in [2.24, 2.45) is 39.2 Å². The van der Waals surface area contributed by atoms with Crippen LogP contribution < -0.4 is 27.0 Å². The number of hydrogen-bond acceptors (Lipinski definition) is 7. The maximum absolute atomic E-state index is 14.8. The van der Waals surface area contributed by atoms with Crippen molar-refractivity contribution in [3.8, 4) is 0 Å². The number of hydrogen-bond donors (Lipinski definition) is 5. The van der Waals surface area contributed by atoms with Crippen LogP contribution in [0.4, 0.5) is 4.79 Å². The highest BCUT2D eigenvalue weighted by molar-refractivity contribution is 6.37. The average molecular weight is 714 g/mol. The number of carbonyl (C=O) groups excluding carboxylic acids is 6. The SMILES string of the molecule is CC(C)[C@H](NC(=O)N[C@H](C(=O)N1CC2(C[C@H]1C(=O)NC(CC1CCC1)C(=O)C(N)=O)C(C)(C)C21CCC1)C(C)(C)C)C(=O)N1C[C@H](C)N[C@@H](C)C1. The molecule has 2 unspecified atom stereocenters. The van der Waals surface area contributed by atoms with E-state index in [-0.39, 0.29) is 52.0 Å². The lowest BCUT2D eigenvalue weighted by Crippen LogP contribution is -2.63. The Morgan fingerprint density at radius 1 is 0.882 bits per heavy atom. The van der Waals surface area contributed by atoms with Crippen molar-refractivity contribution in [1.29, 1.82) is 0 Å². The minimum Gasteiger partial charge on any atom is -0.363 e. The number of amides is 6. The third kappa shape index (κ3) is 7.00. The van der Waals surface area contributed by atoms with Gasteiger partial charge in [-0.05, 0) is 67.6 Å². The highest BCUT2D eigenvalue weighted by atomic mass is 16.2. The summed E-state index contributed by atoms with van der Waals surface area (Å²) in [6.07, 6.45) is 6.80. The van der Waals surface area contributed by atoms with E-state index < -0.39 is 53.2 Å². The zero-order chi connectivity index (χ0) is 37.8. The molecule has 13 nitrogen and oxygen atoms in total. The predicted molar refractivity (Wildman–Crippen MR) is 193 cm³/mol. The molecular weight excluding hydrogens is 650 g/mol. The summed E-state index contributed by atoms with van der Waals surface area (Å²) in [4.78, 5) is 84.8. The van der Waals surface area contributed by atoms with E-state index >= 15 is 0 Å². The fourth-order valence-electron chi connectivity index (χ4n) is 10.1. The van der Waals surface area contributed by atoms with Gasteiger partial charge < -0.3 is 36.8 Å². The Labute approximate surface area is 303 Å². The van der Waals surface area contributed by atoms with Crippen LogP contribution in [0.1, 0.15) is 114 Å². The molecule has 7 atom stereocenters. The van der Waals surface area contributed by atoms with Crippen molar-refractivity contribution in [3.05, 3.63) is 0 Å². The summed E-state index contributed by atoms with van der Waals surface area (Å²) in [7, 11) is 0. The summed E-state index contributed by atoms with van der Waals surface area (Å²) in [5.74, 6) is -2.92. The average Bonchev–Trinajstić information content (AvgIpc) is 3.20. The molecule has 2 saturated heterocycles. The van der Waals surface area contributed by atoms with Gasteiger partial charge in [-0.3, -0.25) is 24.0 Å². The zero-order valence-corrected chi connectivity index (χ0v) is 32.3. The van der Waals surface area contributed by atoms with Crippen molar-refractivity contribution in [3.63, 3.8) is 0 Å². The number of nitrogens with one attached hydrogen (secondary N) is 4. The van der Waals surface area contributed by atoms with Gasteiger partial charge in [-0.2, -0.15) is 0 Å². The van der Waals surface area contributed by atoms with Crippen molar-refractivity contribution in [2.45, 2.75) is 150 Å². The van der Waals surface area contributed by atoms with Crippen LogP contribution in [-0.4, -0.2) is 101 Å². The Morgan fingerprint density at radius 2 is 1.49 bits per heavy atom. The molecule has 286 valence electrons. The van der Waals surface area contributed by atoms with Gasteiger partial charge in [0.15, 0.2) is 0 Å². The molecule has 2 heterocycles. The number of nitrogens with two attached hydrogens (primary N) is 1. The first-order valence-electron chi connectivity index (χ1n) is 19.2. The third-order valence-corrected chi connectivity index (χ3v) is 13.5. The number of primary amides is 1. The van der Waals surface area contributed by atoms with Crippen molar-refractivity contribution < 1.29 is 28.8 Å². The van der Waals surface area contributed by atoms with E-state index in [4.69, 9.17) is 5.73 Å². The first-order valence-corrected chi connectivity index (χ1v) is 19.2. The van der Waals surface area contributed by atoms with Crippen LogP contribution in [0.3, 0.4) is 0 Å². The lowest BCUT2D eigenvalue weighted by Gasteiger charge is -2.39. The van der Waals surface area contributed by atoms with Crippen molar-refractivity contribution in [1.82, 2.24) is 31.1 Å². The number of piperazine rings is 1. The smallest absolute Gasteiger partial charge is 0.316 e. The van der Waals surface area contributed by atoms with Gasteiger partial charge in [0.2, 0.25) is 23.5 Å². The Morgan fingerprint density at radius 3 is 1.94 bits per heavy atom. The number of Topliss-reactive ketones (excluding diaryl/α,β-unsaturated/α-hetero) is 1. The maximum Gasteiger partial charge on any atom is 0.316 e. The van der Waals surface area contributed by atoms with Crippen LogP contribution in [-0.2, 0) is 24.0 Å². The van der Waals surface area contributed by atoms with E-state index in [1.54, 1.807) is 9.80 Å². The second-order valence-electron chi connectivity index (χ2n) is 18.5.